The summed E-state index contributed by atoms with van der Waals surface area (Å²) < 4.78 is 5.28. The summed E-state index contributed by atoms with van der Waals surface area (Å²) in [7, 11) is 3.48. The molecule has 0 radical (unpaired) electrons. The van der Waals surface area contributed by atoms with E-state index in [1.165, 1.54) is 0 Å². The minimum atomic E-state index is -0.430. The van der Waals surface area contributed by atoms with Gasteiger partial charge in [0, 0.05) is 39.1 Å². The van der Waals surface area contributed by atoms with Crippen LogP contribution in [0.4, 0.5) is 4.79 Å². The molecule has 7 nitrogen and oxygen atoms in total. The minimum Gasteiger partial charge on any atom is -0.356 e. The number of urea groups is 1. The number of carbonyl (C=O) groups is 2. The molecule has 0 bridgehead atoms. The molecular weight excluding hydrogens is 320 g/mol. The molecule has 3 amide bonds. The molecule has 0 N–H and O–H groups in total. The van der Waals surface area contributed by atoms with Crippen LogP contribution in [0.25, 0.3) is 11.0 Å². The van der Waals surface area contributed by atoms with Gasteiger partial charge in [-0.2, -0.15) is 0 Å². The Morgan fingerprint density at radius 1 is 1.24 bits per heavy atom. The van der Waals surface area contributed by atoms with Crippen molar-refractivity contribution in [2.24, 2.45) is 0 Å². The molecule has 1 aliphatic rings. The summed E-state index contributed by atoms with van der Waals surface area (Å²) in [5.74, 6) is 0.000931. The SMILES string of the molecule is CN(C)C(=O)N1CCN(C(=O)Cc2noc3ccccc23)C(C)(C)C1. The van der Waals surface area contributed by atoms with Crippen molar-refractivity contribution in [1.29, 1.82) is 0 Å². The highest BCUT2D eigenvalue weighted by atomic mass is 16.5. The van der Waals surface area contributed by atoms with Crippen LogP contribution in [0, 0.1) is 0 Å². The predicted molar refractivity (Wildman–Crippen MR) is 94.2 cm³/mol. The van der Waals surface area contributed by atoms with E-state index in [2.05, 4.69) is 5.16 Å². The first kappa shape index (κ1) is 17.3. The average molecular weight is 344 g/mol. The number of nitrogens with zero attached hydrogens (tertiary/aromatic N) is 4. The number of para-hydroxylation sites is 1. The fourth-order valence-corrected chi connectivity index (χ4v) is 3.37. The van der Waals surface area contributed by atoms with Gasteiger partial charge in [0.25, 0.3) is 0 Å². The number of fused-ring (bicyclic) bond motifs is 1. The van der Waals surface area contributed by atoms with Crippen LogP contribution in [0.3, 0.4) is 0 Å². The van der Waals surface area contributed by atoms with Crippen molar-refractivity contribution < 1.29 is 14.1 Å². The lowest BCUT2D eigenvalue weighted by atomic mass is 9.98. The lowest BCUT2D eigenvalue weighted by Crippen LogP contribution is -2.63. The monoisotopic (exact) mass is 344 g/mol. The molecule has 134 valence electrons. The molecule has 0 saturated carbocycles. The van der Waals surface area contributed by atoms with Gasteiger partial charge in [-0.3, -0.25) is 4.79 Å². The second-order valence-electron chi connectivity index (χ2n) is 7.26. The zero-order valence-corrected chi connectivity index (χ0v) is 15.2. The van der Waals surface area contributed by atoms with Crippen LogP contribution in [-0.2, 0) is 11.2 Å². The van der Waals surface area contributed by atoms with E-state index in [9.17, 15) is 9.59 Å². The third-order valence-corrected chi connectivity index (χ3v) is 4.63. The van der Waals surface area contributed by atoms with Crippen molar-refractivity contribution in [3.8, 4) is 0 Å². The molecule has 1 fully saturated rings. The Kier molecular flexibility index (Phi) is 4.41. The van der Waals surface area contributed by atoms with Crippen LogP contribution < -0.4 is 0 Å². The molecule has 2 heterocycles. The minimum absolute atomic E-state index is 0.000931. The summed E-state index contributed by atoms with van der Waals surface area (Å²) in [6, 6.07) is 7.51. The highest BCUT2D eigenvalue weighted by molar-refractivity contribution is 5.86. The Bertz CT molecular complexity index is 796. The molecule has 25 heavy (non-hydrogen) atoms. The molecule has 1 saturated heterocycles. The van der Waals surface area contributed by atoms with E-state index in [4.69, 9.17) is 4.52 Å². The maximum atomic E-state index is 12.9. The molecule has 3 rings (SSSR count). The van der Waals surface area contributed by atoms with E-state index in [0.29, 0.717) is 30.9 Å². The van der Waals surface area contributed by atoms with Crippen LogP contribution in [0.5, 0.6) is 0 Å². The molecule has 0 spiro atoms. The first-order chi connectivity index (χ1) is 11.8. The molecular formula is C18H24N4O3. The number of hydrogen-bond acceptors (Lipinski definition) is 4. The van der Waals surface area contributed by atoms with Gasteiger partial charge >= 0.3 is 6.03 Å². The Morgan fingerprint density at radius 2 is 1.96 bits per heavy atom. The number of amides is 3. The summed E-state index contributed by atoms with van der Waals surface area (Å²) in [4.78, 5) is 30.3. The molecule has 0 unspecified atom stereocenters. The molecule has 0 aliphatic carbocycles. The van der Waals surface area contributed by atoms with Gasteiger partial charge in [-0.15, -0.1) is 0 Å². The van der Waals surface area contributed by atoms with E-state index in [0.717, 1.165) is 5.39 Å². The third-order valence-electron chi connectivity index (χ3n) is 4.63. The van der Waals surface area contributed by atoms with Gasteiger partial charge in [0.15, 0.2) is 5.58 Å². The Balaban J connectivity index is 1.73. The van der Waals surface area contributed by atoms with Crippen LogP contribution in [0.2, 0.25) is 0 Å². The van der Waals surface area contributed by atoms with Crippen molar-refractivity contribution in [3.05, 3.63) is 30.0 Å². The van der Waals surface area contributed by atoms with E-state index in [1.54, 1.807) is 23.9 Å². The summed E-state index contributed by atoms with van der Waals surface area (Å²) in [5, 5.41) is 4.92. The van der Waals surface area contributed by atoms with Gasteiger partial charge in [0.05, 0.1) is 12.0 Å². The van der Waals surface area contributed by atoms with Crippen molar-refractivity contribution in [2.75, 3.05) is 33.7 Å². The normalized spacial score (nSPS) is 17.0. The van der Waals surface area contributed by atoms with Crippen LogP contribution in [0.15, 0.2) is 28.8 Å². The highest BCUT2D eigenvalue weighted by Crippen LogP contribution is 2.24. The van der Waals surface area contributed by atoms with E-state index in [1.807, 2.05) is 43.0 Å². The summed E-state index contributed by atoms with van der Waals surface area (Å²) in [5.41, 5.74) is 0.912. The molecule has 1 aromatic carbocycles. The van der Waals surface area contributed by atoms with Crippen LogP contribution >= 0.6 is 0 Å². The Morgan fingerprint density at radius 3 is 2.64 bits per heavy atom. The quantitative estimate of drug-likeness (QED) is 0.835. The first-order valence-electron chi connectivity index (χ1n) is 8.39. The summed E-state index contributed by atoms with van der Waals surface area (Å²) in [6.45, 7) is 5.53. The number of aromatic nitrogens is 1. The number of benzene rings is 1. The zero-order chi connectivity index (χ0) is 18.2. The first-order valence-corrected chi connectivity index (χ1v) is 8.39. The number of carbonyl (C=O) groups excluding carboxylic acids is 2. The van der Waals surface area contributed by atoms with E-state index < -0.39 is 5.54 Å². The Hall–Kier alpha value is -2.57. The third kappa shape index (κ3) is 3.31. The maximum absolute atomic E-state index is 12.9. The highest BCUT2D eigenvalue weighted by Gasteiger charge is 2.38. The zero-order valence-electron chi connectivity index (χ0n) is 15.2. The standard InChI is InChI=1S/C18H24N4O3/c1-18(2)12-21(17(24)20(3)4)9-10-22(18)16(23)11-14-13-7-5-6-8-15(13)25-19-14/h5-8H,9-12H2,1-4H3. The second-order valence-corrected chi connectivity index (χ2v) is 7.26. The van der Waals surface area contributed by atoms with Crippen LogP contribution in [0.1, 0.15) is 19.5 Å². The summed E-state index contributed by atoms with van der Waals surface area (Å²) in [6.07, 6.45) is 0.196. The average Bonchev–Trinajstić information content (AvgIpc) is 2.96. The molecule has 7 heteroatoms. The number of piperazine rings is 1. The summed E-state index contributed by atoms with van der Waals surface area (Å²) >= 11 is 0. The van der Waals surface area contributed by atoms with Gasteiger partial charge in [-0.05, 0) is 26.0 Å². The fraction of sp³-hybridized carbons (Fsp3) is 0.500. The topological polar surface area (TPSA) is 69.9 Å². The van der Waals surface area contributed by atoms with Gasteiger partial charge in [-0.25, -0.2) is 4.79 Å². The number of rotatable bonds is 2. The van der Waals surface area contributed by atoms with Gasteiger partial charge < -0.3 is 19.2 Å². The van der Waals surface area contributed by atoms with Gasteiger partial charge in [0.1, 0.15) is 5.69 Å². The number of hydrogen-bond donors (Lipinski definition) is 0. The Labute approximate surface area is 147 Å². The van der Waals surface area contributed by atoms with Crippen molar-refractivity contribution in [2.45, 2.75) is 25.8 Å². The largest absolute Gasteiger partial charge is 0.356 e. The molecule has 0 atom stereocenters. The van der Waals surface area contributed by atoms with Gasteiger partial charge in [0.2, 0.25) is 5.91 Å². The molecule has 2 aromatic rings. The van der Waals surface area contributed by atoms with Crippen LogP contribution in [-0.4, -0.2) is 71.1 Å². The van der Waals surface area contributed by atoms with Crippen molar-refractivity contribution >= 4 is 22.9 Å². The van der Waals surface area contributed by atoms with Gasteiger partial charge in [-0.1, -0.05) is 17.3 Å². The van der Waals surface area contributed by atoms with Crippen molar-refractivity contribution in [1.82, 2.24) is 19.9 Å². The van der Waals surface area contributed by atoms with Crippen molar-refractivity contribution in [3.63, 3.8) is 0 Å². The predicted octanol–water partition coefficient (Wildman–Crippen LogP) is 1.97. The lowest BCUT2D eigenvalue weighted by Gasteiger charge is -2.47. The van der Waals surface area contributed by atoms with E-state index in [-0.39, 0.29) is 18.4 Å². The molecule has 1 aromatic heterocycles. The smallest absolute Gasteiger partial charge is 0.319 e. The van der Waals surface area contributed by atoms with E-state index >= 15 is 0 Å². The second kappa shape index (κ2) is 6.38. The molecule has 1 aliphatic heterocycles. The fourth-order valence-electron chi connectivity index (χ4n) is 3.37. The maximum Gasteiger partial charge on any atom is 0.319 e. The lowest BCUT2D eigenvalue weighted by molar-refractivity contribution is -0.139.